The number of aromatic nitrogens is 2. The smallest absolute Gasteiger partial charge is 0.257 e. The van der Waals surface area contributed by atoms with Gasteiger partial charge in [-0.15, -0.1) is 0 Å². The van der Waals surface area contributed by atoms with Gasteiger partial charge in [0, 0.05) is 25.3 Å². The van der Waals surface area contributed by atoms with Crippen LogP contribution in [0.25, 0.3) is 0 Å². The van der Waals surface area contributed by atoms with Crippen molar-refractivity contribution in [3.8, 4) is 0 Å². The Balaban J connectivity index is 1.53. The maximum absolute atomic E-state index is 12.8. The first-order valence-electron chi connectivity index (χ1n) is 10.6. The summed E-state index contributed by atoms with van der Waals surface area (Å²) in [6.45, 7) is 4.90. The lowest BCUT2D eigenvalue weighted by molar-refractivity contribution is 0.0721. The summed E-state index contributed by atoms with van der Waals surface area (Å²) in [7, 11) is 0. The number of rotatable bonds is 3. The second-order valence-corrected chi connectivity index (χ2v) is 8.27. The van der Waals surface area contributed by atoms with Crippen molar-refractivity contribution >= 4 is 5.91 Å². The first-order valence-corrected chi connectivity index (χ1v) is 10.6. The molecule has 3 aliphatic rings. The number of likely N-dealkylation sites (tertiary alicyclic amines) is 2. The SMILES string of the molecule is Cc1nc([C@@H]2CCCCN2C2CCCC2)ncc1C(=O)N1CCCCC1. The molecule has 1 aliphatic carbocycles. The van der Waals surface area contributed by atoms with E-state index in [0.29, 0.717) is 17.6 Å². The summed E-state index contributed by atoms with van der Waals surface area (Å²) in [6, 6.07) is 1.04. The van der Waals surface area contributed by atoms with Crippen LogP contribution in [0.3, 0.4) is 0 Å². The molecule has 4 rings (SSSR count). The van der Waals surface area contributed by atoms with Gasteiger partial charge >= 0.3 is 0 Å². The molecule has 1 atom stereocenters. The lowest BCUT2D eigenvalue weighted by atomic mass is 9.98. The van der Waals surface area contributed by atoms with Crippen LogP contribution in [0.1, 0.15) is 92.1 Å². The van der Waals surface area contributed by atoms with E-state index in [0.717, 1.165) is 43.9 Å². The molecule has 26 heavy (non-hydrogen) atoms. The minimum Gasteiger partial charge on any atom is -0.339 e. The van der Waals surface area contributed by atoms with Gasteiger partial charge < -0.3 is 4.90 Å². The van der Waals surface area contributed by atoms with Gasteiger partial charge in [-0.3, -0.25) is 9.69 Å². The molecule has 0 N–H and O–H groups in total. The number of carbonyl (C=O) groups excluding carboxylic acids is 1. The largest absolute Gasteiger partial charge is 0.339 e. The van der Waals surface area contributed by atoms with Gasteiger partial charge in [0.2, 0.25) is 0 Å². The minimum atomic E-state index is 0.116. The number of piperidine rings is 2. The summed E-state index contributed by atoms with van der Waals surface area (Å²) < 4.78 is 0. The van der Waals surface area contributed by atoms with E-state index < -0.39 is 0 Å². The number of carbonyl (C=O) groups is 1. The second kappa shape index (κ2) is 8.03. The predicted octanol–water partition coefficient (Wildman–Crippen LogP) is 3.88. The maximum atomic E-state index is 12.8. The zero-order valence-electron chi connectivity index (χ0n) is 16.1. The summed E-state index contributed by atoms with van der Waals surface area (Å²) >= 11 is 0. The molecule has 142 valence electrons. The quantitative estimate of drug-likeness (QED) is 0.825. The Kier molecular flexibility index (Phi) is 5.53. The summed E-state index contributed by atoms with van der Waals surface area (Å²) in [4.78, 5) is 27.0. The molecule has 3 fully saturated rings. The van der Waals surface area contributed by atoms with Gasteiger partial charge in [0.15, 0.2) is 0 Å². The van der Waals surface area contributed by atoms with E-state index in [9.17, 15) is 4.79 Å². The molecule has 0 aromatic carbocycles. The van der Waals surface area contributed by atoms with E-state index in [-0.39, 0.29) is 5.91 Å². The van der Waals surface area contributed by atoms with Gasteiger partial charge in [0.05, 0.1) is 17.3 Å². The first-order chi connectivity index (χ1) is 12.7. The van der Waals surface area contributed by atoms with Crippen molar-refractivity contribution in [1.82, 2.24) is 19.8 Å². The highest BCUT2D eigenvalue weighted by Gasteiger charge is 2.33. The monoisotopic (exact) mass is 356 g/mol. The second-order valence-electron chi connectivity index (χ2n) is 8.27. The molecule has 1 amide bonds. The normalized spacial score (nSPS) is 25.6. The van der Waals surface area contributed by atoms with Crippen LogP contribution in [0, 0.1) is 6.92 Å². The van der Waals surface area contributed by atoms with Crippen LogP contribution < -0.4 is 0 Å². The Morgan fingerprint density at radius 3 is 2.38 bits per heavy atom. The fourth-order valence-corrected chi connectivity index (χ4v) is 5.03. The fourth-order valence-electron chi connectivity index (χ4n) is 5.03. The Hall–Kier alpha value is -1.49. The number of aryl methyl sites for hydroxylation is 1. The van der Waals surface area contributed by atoms with Gasteiger partial charge in [-0.2, -0.15) is 0 Å². The van der Waals surface area contributed by atoms with Gasteiger partial charge in [0.25, 0.3) is 5.91 Å². The van der Waals surface area contributed by atoms with Crippen molar-refractivity contribution in [1.29, 1.82) is 0 Å². The molecule has 0 radical (unpaired) electrons. The van der Waals surface area contributed by atoms with Crippen molar-refractivity contribution in [3.63, 3.8) is 0 Å². The van der Waals surface area contributed by atoms with E-state index in [2.05, 4.69) is 4.90 Å². The van der Waals surface area contributed by atoms with Crippen LogP contribution in [0.4, 0.5) is 0 Å². The molecule has 1 saturated carbocycles. The van der Waals surface area contributed by atoms with Gasteiger partial charge in [-0.05, 0) is 58.4 Å². The third kappa shape index (κ3) is 3.64. The highest BCUT2D eigenvalue weighted by atomic mass is 16.2. The maximum Gasteiger partial charge on any atom is 0.257 e. The zero-order valence-corrected chi connectivity index (χ0v) is 16.1. The Morgan fingerprint density at radius 2 is 1.65 bits per heavy atom. The van der Waals surface area contributed by atoms with Crippen LogP contribution in [0.15, 0.2) is 6.20 Å². The first kappa shape index (κ1) is 17.9. The van der Waals surface area contributed by atoms with E-state index >= 15 is 0 Å². The third-order valence-electron chi connectivity index (χ3n) is 6.51. The van der Waals surface area contributed by atoms with Crippen LogP contribution in [0.5, 0.6) is 0 Å². The number of hydrogen-bond acceptors (Lipinski definition) is 4. The van der Waals surface area contributed by atoms with Gasteiger partial charge in [0.1, 0.15) is 5.82 Å². The molecule has 0 spiro atoms. The molecule has 3 heterocycles. The topological polar surface area (TPSA) is 49.3 Å². The summed E-state index contributed by atoms with van der Waals surface area (Å²) in [5, 5.41) is 0. The van der Waals surface area contributed by atoms with E-state index in [1.165, 1.54) is 51.5 Å². The third-order valence-corrected chi connectivity index (χ3v) is 6.51. The fraction of sp³-hybridized carbons (Fsp3) is 0.762. The molecule has 1 aromatic heterocycles. The van der Waals surface area contributed by atoms with Crippen molar-refractivity contribution in [2.75, 3.05) is 19.6 Å². The Morgan fingerprint density at radius 1 is 0.962 bits per heavy atom. The van der Waals surface area contributed by atoms with Crippen molar-refractivity contribution in [3.05, 3.63) is 23.3 Å². The van der Waals surface area contributed by atoms with E-state index in [1.807, 2.05) is 11.8 Å². The predicted molar refractivity (Wildman–Crippen MR) is 102 cm³/mol. The van der Waals surface area contributed by atoms with Crippen LogP contribution in [0.2, 0.25) is 0 Å². The zero-order chi connectivity index (χ0) is 17.9. The molecule has 2 saturated heterocycles. The number of nitrogens with zero attached hydrogens (tertiary/aromatic N) is 4. The molecule has 0 unspecified atom stereocenters. The summed E-state index contributed by atoms with van der Waals surface area (Å²) in [5.74, 6) is 1.05. The lowest BCUT2D eigenvalue weighted by Crippen LogP contribution is -2.41. The molecule has 1 aromatic rings. The molecule has 5 nitrogen and oxygen atoms in total. The van der Waals surface area contributed by atoms with Crippen LogP contribution in [-0.4, -0.2) is 51.4 Å². The minimum absolute atomic E-state index is 0.116. The van der Waals surface area contributed by atoms with Crippen molar-refractivity contribution in [2.24, 2.45) is 0 Å². The van der Waals surface area contributed by atoms with Crippen LogP contribution in [-0.2, 0) is 0 Å². The Labute approximate surface area is 157 Å². The van der Waals surface area contributed by atoms with Crippen molar-refractivity contribution in [2.45, 2.75) is 83.2 Å². The Bertz CT molecular complexity index is 635. The molecule has 2 aliphatic heterocycles. The number of amides is 1. The average Bonchev–Trinajstić information content (AvgIpc) is 3.23. The standard InChI is InChI=1S/C21H32N4O/c1-16-18(21(26)24-12-6-2-7-13-24)15-22-20(23-16)19-11-5-8-14-25(19)17-9-3-4-10-17/h15,17,19H,2-14H2,1H3/t19-/m0/s1. The van der Waals surface area contributed by atoms with Gasteiger partial charge in [-0.1, -0.05) is 19.3 Å². The lowest BCUT2D eigenvalue weighted by Gasteiger charge is -2.39. The average molecular weight is 357 g/mol. The van der Waals surface area contributed by atoms with Crippen molar-refractivity contribution < 1.29 is 4.79 Å². The highest BCUT2D eigenvalue weighted by Crippen LogP contribution is 2.36. The summed E-state index contributed by atoms with van der Waals surface area (Å²) in [5.41, 5.74) is 1.54. The van der Waals surface area contributed by atoms with Crippen LogP contribution >= 0.6 is 0 Å². The molecule has 5 heteroatoms. The van der Waals surface area contributed by atoms with E-state index in [4.69, 9.17) is 9.97 Å². The molecule has 0 bridgehead atoms. The van der Waals surface area contributed by atoms with Gasteiger partial charge in [-0.25, -0.2) is 9.97 Å². The highest BCUT2D eigenvalue weighted by molar-refractivity contribution is 5.95. The molecular weight excluding hydrogens is 324 g/mol. The summed E-state index contributed by atoms with van der Waals surface area (Å²) in [6.07, 6.45) is 14.3. The van der Waals surface area contributed by atoms with E-state index in [1.54, 1.807) is 6.20 Å². The molecular formula is C21H32N4O. The number of hydrogen-bond donors (Lipinski definition) is 0.